The summed E-state index contributed by atoms with van der Waals surface area (Å²) in [7, 11) is -1.17. The normalized spacial score (nSPS) is 25.0. The molecule has 0 aliphatic carbocycles. The number of piperidine rings is 1. The van der Waals surface area contributed by atoms with Gasteiger partial charge in [0.1, 0.15) is 0 Å². The average molecular weight is 315 g/mol. The van der Waals surface area contributed by atoms with Crippen LogP contribution >= 0.6 is 12.4 Å². The monoisotopic (exact) mass is 314 g/mol. The van der Waals surface area contributed by atoms with Crippen molar-refractivity contribution < 1.29 is 13.2 Å². The molecular weight excluding hydrogens is 288 g/mol. The molecule has 5 nitrogen and oxygen atoms in total. The van der Waals surface area contributed by atoms with E-state index in [-0.39, 0.29) is 36.1 Å². The van der Waals surface area contributed by atoms with E-state index in [1.165, 1.54) is 0 Å². The van der Waals surface area contributed by atoms with Crippen LogP contribution in [0.1, 0.15) is 26.2 Å². The summed E-state index contributed by atoms with van der Waals surface area (Å²) in [4.78, 5) is 2.20. The van der Waals surface area contributed by atoms with E-state index in [0.717, 1.165) is 19.4 Å². The predicted molar refractivity (Wildman–Crippen MR) is 80.6 cm³/mol. The van der Waals surface area contributed by atoms with Crippen molar-refractivity contribution in [3.8, 4) is 0 Å². The second kappa shape index (κ2) is 9.13. The Bertz CT molecular complexity index is 338. The highest BCUT2D eigenvalue weighted by Gasteiger charge is 2.28. The van der Waals surface area contributed by atoms with Crippen molar-refractivity contribution in [3.63, 3.8) is 0 Å². The zero-order valence-electron chi connectivity index (χ0n) is 11.9. The highest BCUT2D eigenvalue weighted by atomic mass is 35.5. The molecule has 2 atom stereocenters. The van der Waals surface area contributed by atoms with Gasteiger partial charge >= 0.3 is 0 Å². The maximum Gasteiger partial charge on any atom is 0.151 e. The van der Waals surface area contributed by atoms with Crippen LogP contribution in [0, 0.1) is 0 Å². The van der Waals surface area contributed by atoms with Gasteiger partial charge < -0.3 is 10.5 Å². The molecular formula is C12H27ClN2O3S. The minimum absolute atomic E-state index is 0. The number of nitrogens with two attached hydrogens (primary N) is 1. The van der Waals surface area contributed by atoms with Gasteiger partial charge in [0.15, 0.2) is 9.84 Å². The first-order valence-electron chi connectivity index (χ1n) is 6.69. The molecule has 1 heterocycles. The van der Waals surface area contributed by atoms with E-state index in [4.69, 9.17) is 10.5 Å². The van der Waals surface area contributed by atoms with Crippen LogP contribution in [0.2, 0.25) is 0 Å². The lowest BCUT2D eigenvalue weighted by molar-refractivity contribution is 0.0157. The Kier molecular flexibility index (Phi) is 9.19. The van der Waals surface area contributed by atoms with Crippen LogP contribution in [0.4, 0.5) is 0 Å². The topological polar surface area (TPSA) is 72.6 Å². The van der Waals surface area contributed by atoms with Gasteiger partial charge in [0.2, 0.25) is 0 Å². The maximum atomic E-state index is 11.7. The van der Waals surface area contributed by atoms with Crippen LogP contribution in [-0.4, -0.2) is 63.7 Å². The molecule has 0 saturated carbocycles. The van der Waals surface area contributed by atoms with Crippen LogP contribution < -0.4 is 5.73 Å². The summed E-state index contributed by atoms with van der Waals surface area (Å²) in [6.07, 6.45) is 2.82. The number of rotatable bonds is 7. The van der Waals surface area contributed by atoms with Gasteiger partial charge in [-0.25, -0.2) is 8.42 Å². The average Bonchev–Trinajstić information content (AvgIpc) is 2.36. The van der Waals surface area contributed by atoms with Crippen molar-refractivity contribution in [2.75, 3.05) is 38.2 Å². The van der Waals surface area contributed by atoms with Crippen LogP contribution in [0.3, 0.4) is 0 Å². The zero-order chi connectivity index (χ0) is 13.6. The lowest BCUT2D eigenvalue weighted by atomic mass is 9.99. The third kappa shape index (κ3) is 6.40. The van der Waals surface area contributed by atoms with Gasteiger partial charge in [-0.1, -0.05) is 6.92 Å². The van der Waals surface area contributed by atoms with Crippen molar-refractivity contribution in [3.05, 3.63) is 0 Å². The van der Waals surface area contributed by atoms with Gasteiger partial charge in [-0.15, -0.1) is 12.4 Å². The molecule has 1 rings (SSSR count). The SMILES string of the molecule is CCCS(=O)(=O)CCN1CCC(OC)CC1CN.Cl. The quantitative estimate of drug-likeness (QED) is 0.748. The third-order valence-electron chi connectivity index (χ3n) is 3.60. The molecule has 116 valence electrons. The van der Waals surface area contributed by atoms with Crippen LogP contribution in [-0.2, 0) is 14.6 Å². The minimum Gasteiger partial charge on any atom is -0.381 e. The number of methoxy groups -OCH3 is 1. The number of hydrogen-bond donors (Lipinski definition) is 1. The summed E-state index contributed by atoms with van der Waals surface area (Å²) in [5.74, 6) is 0.532. The Hall–Kier alpha value is 0.120. The lowest BCUT2D eigenvalue weighted by Gasteiger charge is -2.38. The molecule has 0 radical (unpaired) electrons. The van der Waals surface area contributed by atoms with E-state index in [2.05, 4.69) is 4.90 Å². The Labute approximate surface area is 123 Å². The summed E-state index contributed by atoms with van der Waals surface area (Å²) >= 11 is 0. The molecule has 0 bridgehead atoms. The van der Waals surface area contributed by atoms with Crippen molar-refractivity contribution in [1.29, 1.82) is 0 Å². The van der Waals surface area contributed by atoms with Gasteiger partial charge in [0, 0.05) is 38.5 Å². The van der Waals surface area contributed by atoms with Gasteiger partial charge in [-0.2, -0.15) is 0 Å². The fourth-order valence-electron chi connectivity index (χ4n) is 2.49. The first-order valence-corrected chi connectivity index (χ1v) is 8.52. The van der Waals surface area contributed by atoms with Crippen molar-refractivity contribution in [2.45, 2.75) is 38.3 Å². The van der Waals surface area contributed by atoms with Crippen LogP contribution in [0.25, 0.3) is 0 Å². The fourth-order valence-corrected chi connectivity index (χ4v) is 3.82. The molecule has 7 heteroatoms. The van der Waals surface area contributed by atoms with E-state index < -0.39 is 9.84 Å². The van der Waals surface area contributed by atoms with Crippen molar-refractivity contribution >= 4 is 22.2 Å². The Morgan fingerprint density at radius 1 is 1.37 bits per heavy atom. The van der Waals surface area contributed by atoms with E-state index >= 15 is 0 Å². The highest BCUT2D eigenvalue weighted by molar-refractivity contribution is 7.91. The maximum absolute atomic E-state index is 11.7. The standard InChI is InChI=1S/C12H26N2O3S.ClH/c1-3-7-18(15,16)8-6-14-5-4-12(17-2)9-11(14)10-13;/h11-12H,3-10,13H2,1-2H3;1H. The molecule has 2 unspecified atom stereocenters. The summed E-state index contributed by atoms with van der Waals surface area (Å²) in [5, 5.41) is 0. The van der Waals surface area contributed by atoms with E-state index in [1.807, 2.05) is 6.92 Å². The lowest BCUT2D eigenvalue weighted by Crippen LogP contribution is -2.49. The summed E-state index contributed by atoms with van der Waals surface area (Å²) < 4.78 is 28.8. The summed E-state index contributed by atoms with van der Waals surface area (Å²) in [5.41, 5.74) is 5.76. The second-order valence-corrected chi connectivity index (χ2v) is 7.26. The molecule has 1 aliphatic rings. The summed E-state index contributed by atoms with van der Waals surface area (Å²) in [6.45, 7) is 3.93. The summed E-state index contributed by atoms with van der Waals surface area (Å²) in [6, 6.07) is 0.250. The second-order valence-electron chi connectivity index (χ2n) is 4.96. The largest absolute Gasteiger partial charge is 0.381 e. The fraction of sp³-hybridized carbons (Fsp3) is 1.00. The molecule has 0 aromatic heterocycles. The van der Waals surface area contributed by atoms with Gasteiger partial charge in [-0.3, -0.25) is 4.90 Å². The molecule has 0 aromatic rings. The predicted octanol–water partition coefficient (Wildman–Crippen LogP) is 0.671. The number of ether oxygens (including phenoxy) is 1. The molecule has 0 aromatic carbocycles. The van der Waals surface area contributed by atoms with Gasteiger partial charge in [0.05, 0.1) is 11.9 Å². The first-order chi connectivity index (χ1) is 8.52. The van der Waals surface area contributed by atoms with E-state index in [0.29, 0.717) is 19.5 Å². The van der Waals surface area contributed by atoms with Gasteiger partial charge in [0.25, 0.3) is 0 Å². The molecule has 2 N–H and O–H groups in total. The molecule has 1 saturated heterocycles. The molecule has 0 amide bonds. The Morgan fingerprint density at radius 2 is 2.05 bits per heavy atom. The number of nitrogens with zero attached hydrogens (tertiary/aromatic N) is 1. The molecule has 19 heavy (non-hydrogen) atoms. The minimum atomic E-state index is -2.90. The Morgan fingerprint density at radius 3 is 2.58 bits per heavy atom. The zero-order valence-corrected chi connectivity index (χ0v) is 13.5. The van der Waals surface area contributed by atoms with E-state index in [9.17, 15) is 8.42 Å². The van der Waals surface area contributed by atoms with E-state index in [1.54, 1.807) is 7.11 Å². The molecule has 1 fully saturated rings. The van der Waals surface area contributed by atoms with Crippen LogP contribution in [0.5, 0.6) is 0 Å². The molecule has 1 aliphatic heterocycles. The number of hydrogen-bond acceptors (Lipinski definition) is 5. The first kappa shape index (κ1) is 19.1. The molecule has 0 spiro atoms. The number of sulfone groups is 1. The van der Waals surface area contributed by atoms with Crippen molar-refractivity contribution in [1.82, 2.24) is 4.90 Å². The smallest absolute Gasteiger partial charge is 0.151 e. The van der Waals surface area contributed by atoms with Gasteiger partial charge in [-0.05, 0) is 19.3 Å². The number of likely N-dealkylation sites (tertiary alicyclic amines) is 1. The Balaban J connectivity index is 0.00000324. The highest BCUT2D eigenvalue weighted by Crippen LogP contribution is 2.19. The third-order valence-corrected chi connectivity index (χ3v) is 5.43. The number of halogens is 1. The van der Waals surface area contributed by atoms with Crippen LogP contribution in [0.15, 0.2) is 0 Å². The van der Waals surface area contributed by atoms with Crippen molar-refractivity contribution in [2.24, 2.45) is 5.73 Å².